The van der Waals surface area contributed by atoms with Crippen LogP contribution >= 0.6 is 0 Å². The highest BCUT2D eigenvalue weighted by molar-refractivity contribution is 5.50. The van der Waals surface area contributed by atoms with E-state index in [1.165, 1.54) is 11.1 Å². The summed E-state index contributed by atoms with van der Waals surface area (Å²) in [6.07, 6.45) is 0. The zero-order valence-electron chi connectivity index (χ0n) is 12.5. The van der Waals surface area contributed by atoms with Gasteiger partial charge in [0.25, 0.3) is 0 Å². The van der Waals surface area contributed by atoms with Crippen LogP contribution in [0.4, 0.5) is 5.69 Å². The molecule has 0 amide bonds. The molecule has 3 nitrogen and oxygen atoms in total. The maximum Gasteiger partial charge on any atom is 0.127 e. The van der Waals surface area contributed by atoms with Crippen LogP contribution in [0.25, 0.3) is 0 Å². The molecular formula is C17H21NO2. The molecule has 0 aliphatic heterocycles. The van der Waals surface area contributed by atoms with Gasteiger partial charge in [-0.15, -0.1) is 0 Å². The molecule has 0 aromatic heterocycles. The van der Waals surface area contributed by atoms with E-state index in [0.717, 1.165) is 29.3 Å². The molecule has 106 valence electrons. The van der Waals surface area contributed by atoms with E-state index in [0.29, 0.717) is 0 Å². The van der Waals surface area contributed by atoms with E-state index in [-0.39, 0.29) is 0 Å². The molecule has 0 aliphatic carbocycles. The summed E-state index contributed by atoms with van der Waals surface area (Å²) in [5.74, 6) is 1.64. The van der Waals surface area contributed by atoms with Gasteiger partial charge in [0.05, 0.1) is 14.2 Å². The second kappa shape index (κ2) is 6.33. The zero-order chi connectivity index (χ0) is 14.5. The first-order chi connectivity index (χ1) is 9.63. The van der Waals surface area contributed by atoms with Crippen molar-refractivity contribution in [3.05, 3.63) is 53.1 Å². The minimum absolute atomic E-state index is 0.718. The molecule has 0 radical (unpaired) electrons. The number of rotatable bonds is 5. The minimum atomic E-state index is 0.718. The smallest absolute Gasteiger partial charge is 0.127 e. The summed E-state index contributed by atoms with van der Waals surface area (Å²) in [5, 5.41) is 3.42. The Morgan fingerprint density at radius 3 is 2.35 bits per heavy atom. The van der Waals surface area contributed by atoms with Gasteiger partial charge in [-0.1, -0.05) is 6.07 Å². The van der Waals surface area contributed by atoms with Crippen LogP contribution in [-0.4, -0.2) is 14.2 Å². The molecular weight excluding hydrogens is 250 g/mol. The third kappa shape index (κ3) is 3.23. The van der Waals surface area contributed by atoms with Crippen LogP contribution in [0.3, 0.4) is 0 Å². The quantitative estimate of drug-likeness (QED) is 0.893. The van der Waals surface area contributed by atoms with Crippen LogP contribution in [-0.2, 0) is 6.54 Å². The van der Waals surface area contributed by atoms with Gasteiger partial charge in [-0.25, -0.2) is 0 Å². The molecule has 1 N–H and O–H groups in total. The van der Waals surface area contributed by atoms with Gasteiger partial charge in [0.2, 0.25) is 0 Å². The van der Waals surface area contributed by atoms with Crippen LogP contribution in [0.1, 0.15) is 16.7 Å². The fourth-order valence-electron chi connectivity index (χ4n) is 2.05. The molecule has 2 aromatic carbocycles. The van der Waals surface area contributed by atoms with Gasteiger partial charge in [0, 0.05) is 23.9 Å². The Kier molecular flexibility index (Phi) is 4.51. The average Bonchev–Trinajstić information content (AvgIpc) is 2.48. The van der Waals surface area contributed by atoms with E-state index in [4.69, 9.17) is 9.47 Å². The molecule has 2 rings (SSSR count). The van der Waals surface area contributed by atoms with Crippen LogP contribution in [0, 0.1) is 13.8 Å². The van der Waals surface area contributed by atoms with E-state index >= 15 is 0 Å². The molecule has 2 aromatic rings. The van der Waals surface area contributed by atoms with Gasteiger partial charge in [-0.2, -0.15) is 0 Å². The van der Waals surface area contributed by atoms with Crippen molar-refractivity contribution in [3.63, 3.8) is 0 Å². The Bertz CT molecular complexity index is 594. The van der Waals surface area contributed by atoms with Crippen molar-refractivity contribution in [2.45, 2.75) is 20.4 Å². The third-order valence-electron chi connectivity index (χ3n) is 3.48. The number of benzene rings is 2. The van der Waals surface area contributed by atoms with Gasteiger partial charge in [-0.05, 0) is 49.2 Å². The fourth-order valence-corrected chi connectivity index (χ4v) is 2.05. The summed E-state index contributed by atoms with van der Waals surface area (Å²) >= 11 is 0. The van der Waals surface area contributed by atoms with Gasteiger partial charge < -0.3 is 14.8 Å². The summed E-state index contributed by atoms with van der Waals surface area (Å²) in [5.41, 5.74) is 4.81. The Morgan fingerprint density at radius 1 is 0.900 bits per heavy atom. The van der Waals surface area contributed by atoms with Crippen molar-refractivity contribution in [1.29, 1.82) is 0 Å². The highest BCUT2D eigenvalue weighted by atomic mass is 16.5. The maximum absolute atomic E-state index is 5.40. The van der Waals surface area contributed by atoms with Crippen molar-refractivity contribution in [2.24, 2.45) is 0 Å². The van der Waals surface area contributed by atoms with E-state index < -0.39 is 0 Å². The Morgan fingerprint density at radius 2 is 1.70 bits per heavy atom. The first kappa shape index (κ1) is 14.3. The number of ether oxygens (including phenoxy) is 2. The van der Waals surface area contributed by atoms with Gasteiger partial charge in [-0.3, -0.25) is 0 Å². The molecule has 0 saturated carbocycles. The second-order valence-corrected chi connectivity index (χ2v) is 4.83. The normalized spacial score (nSPS) is 10.2. The predicted molar refractivity (Wildman–Crippen MR) is 82.8 cm³/mol. The molecule has 3 heteroatoms. The number of hydrogen-bond acceptors (Lipinski definition) is 3. The van der Waals surface area contributed by atoms with Crippen molar-refractivity contribution >= 4 is 5.69 Å². The molecule has 0 spiro atoms. The fraction of sp³-hybridized carbons (Fsp3) is 0.294. The van der Waals surface area contributed by atoms with Crippen molar-refractivity contribution < 1.29 is 9.47 Å². The number of hydrogen-bond donors (Lipinski definition) is 1. The highest BCUT2D eigenvalue weighted by Gasteiger charge is 2.05. The molecule has 0 aliphatic rings. The summed E-state index contributed by atoms with van der Waals surface area (Å²) in [6, 6.07) is 12.2. The van der Waals surface area contributed by atoms with Crippen molar-refractivity contribution in [3.8, 4) is 11.5 Å². The summed E-state index contributed by atoms with van der Waals surface area (Å²) in [7, 11) is 3.33. The van der Waals surface area contributed by atoms with E-state index in [9.17, 15) is 0 Å². The molecule has 0 unspecified atom stereocenters. The average molecular weight is 271 g/mol. The van der Waals surface area contributed by atoms with E-state index in [1.807, 2.05) is 18.2 Å². The second-order valence-electron chi connectivity index (χ2n) is 4.83. The SMILES string of the molecule is COc1ccc(CNc2ccc(C)c(C)c2)c(OC)c1. The number of methoxy groups -OCH3 is 2. The van der Waals surface area contributed by atoms with Crippen molar-refractivity contribution in [2.75, 3.05) is 19.5 Å². The van der Waals surface area contributed by atoms with Crippen LogP contribution in [0.5, 0.6) is 11.5 Å². The first-order valence-corrected chi connectivity index (χ1v) is 6.66. The molecule has 0 atom stereocenters. The summed E-state index contributed by atoms with van der Waals surface area (Å²) in [4.78, 5) is 0. The van der Waals surface area contributed by atoms with Crippen LogP contribution in [0.2, 0.25) is 0 Å². The number of anilines is 1. The van der Waals surface area contributed by atoms with Gasteiger partial charge in [0.15, 0.2) is 0 Å². The lowest BCUT2D eigenvalue weighted by Crippen LogP contribution is -2.02. The molecule has 0 bridgehead atoms. The maximum atomic E-state index is 5.40. The van der Waals surface area contributed by atoms with Crippen molar-refractivity contribution in [1.82, 2.24) is 0 Å². The predicted octanol–water partition coefficient (Wildman–Crippen LogP) is 3.93. The van der Waals surface area contributed by atoms with Gasteiger partial charge in [0.1, 0.15) is 11.5 Å². The van der Waals surface area contributed by atoms with Crippen LogP contribution < -0.4 is 14.8 Å². The van der Waals surface area contributed by atoms with E-state index in [1.54, 1.807) is 14.2 Å². The Hall–Kier alpha value is -2.16. The lowest BCUT2D eigenvalue weighted by Gasteiger charge is -2.13. The third-order valence-corrected chi connectivity index (χ3v) is 3.48. The Balaban J connectivity index is 2.12. The zero-order valence-corrected chi connectivity index (χ0v) is 12.5. The molecule has 0 fully saturated rings. The minimum Gasteiger partial charge on any atom is -0.497 e. The van der Waals surface area contributed by atoms with E-state index in [2.05, 4.69) is 37.4 Å². The Labute approximate surface area is 120 Å². The number of aryl methyl sites for hydroxylation is 2. The molecule has 20 heavy (non-hydrogen) atoms. The summed E-state index contributed by atoms with van der Waals surface area (Å²) < 4.78 is 10.6. The lowest BCUT2D eigenvalue weighted by atomic mass is 10.1. The lowest BCUT2D eigenvalue weighted by molar-refractivity contribution is 0.391. The highest BCUT2D eigenvalue weighted by Crippen LogP contribution is 2.25. The van der Waals surface area contributed by atoms with Gasteiger partial charge >= 0.3 is 0 Å². The first-order valence-electron chi connectivity index (χ1n) is 6.66. The standard InChI is InChI=1S/C17H21NO2/c1-12-5-7-15(9-13(12)2)18-11-14-6-8-16(19-3)10-17(14)20-4/h5-10,18H,11H2,1-4H3. The molecule has 0 saturated heterocycles. The largest absolute Gasteiger partial charge is 0.497 e. The number of nitrogens with one attached hydrogen (secondary N) is 1. The molecule has 0 heterocycles. The monoisotopic (exact) mass is 271 g/mol. The topological polar surface area (TPSA) is 30.5 Å². The van der Waals surface area contributed by atoms with Crippen LogP contribution in [0.15, 0.2) is 36.4 Å². The summed E-state index contributed by atoms with van der Waals surface area (Å²) in [6.45, 7) is 4.95.